The summed E-state index contributed by atoms with van der Waals surface area (Å²) in [4.78, 5) is 28.7. The first-order valence-electron chi connectivity index (χ1n) is 14.4. The van der Waals surface area contributed by atoms with Crippen LogP contribution in [0.4, 0.5) is 0 Å². The van der Waals surface area contributed by atoms with Crippen molar-refractivity contribution < 1.29 is 28.9 Å². The van der Waals surface area contributed by atoms with E-state index in [1.165, 1.54) is 0 Å². The van der Waals surface area contributed by atoms with E-state index in [-0.39, 0.29) is 17.4 Å². The third-order valence-electron chi connectivity index (χ3n) is 7.93. The number of likely N-dealkylation sites (tertiary alicyclic amines) is 1. The van der Waals surface area contributed by atoms with Gasteiger partial charge in [0, 0.05) is 18.5 Å². The topological polar surface area (TPSA) is 85.3 Å². The van der Waals surface area contributed by atoms with Crippen LogP contribution < -0.4 is 14.2 Å². The van der Waals surface area contributed by atoms with Crippen molar-refractivity contribution in [1.82, 2.24) is 4.90 Å². The quantitative estimate of drug-likeness (QED) is 0.144. The van der Waals surface area contributed by atoms with Gasteiger partial charge < -0.3 is 24.2 Å². The van der Waals surface area contributed by atoms with E-state index < -0.39 is 17.7 Å². The van der Waals surface area contributed by atoms with Gasteiger partial charge >= 0.3 is 0 Å². The number of methoxy groups -OCH3 is 1. The molecule has 2 heterocycles. The number of aliphatic hydroxyl groups is 1. The molecule has 43 heavy (non-hydrogen) atoms. The third-order valence-corrected chi connectivity index (χ3v) is 7.93. The van der Waals surface area contributed by atoms with Crippen molar-refractivity contribution in [2.45, 2.75) is 38.5 Å². The fourth-order valence-electron chi connectivity index (χ4n) is 5.79. The van der Waals surface area contributed by atoms with Crippen LogP contribution in [0.3, 0.4) is 0 Å². The van der Waals surface area contributed by atoms with Gasteiger partial charge in [0.15, 0.2) is 11.5 Å². The van der Waals surface area contributed by atoms with Gasteiger partial charge in [0.25, 0.3) is 11.7 Å². The summed E-state index contributed by atoms with van der Waals surface area (Å²) in [6, 6.07) is 29.5. The molecule has 0 aliphatic carbocycles. The van der Waals surface area contributed by atoms with E-state index in [2.05, 4.69) is 0 Å². The Morgan fingerprint density at radius 2 is 1.63 bits per heavy atom. The highest BCUT2D eigenvalue weighted by molar-refractivity contribution is 6.46. The molecule has 1 saturated heterocycles. The molecular formula is C36H33NO6. The fraction of sp³-hybridized carbons (Fsp3) is 0.222. The summed E-state index contributed by atoms with van der Waals surface area (Å²) in [6.45, 7) is 2.63. The minimum absolute atomic E-state index is 0.0334. The number of benzene rings is 4. The average molecular weight is 576 g/mol. The Labute approximate surface area is 250 Å². The maximum absolute atomic E-state index is 13.6. The van der Waals surface area contributed by atoms with Gasteiger partial charge in [0.2, 0.25) is 0 Å². The monoisotopic (exact) mass is 575 g/mol. The van der Waals surface area contributed by atoms with Crippen molar-refractivity contribution in [2.75, 3.05) is 13.7 Å². The Balaban J connectivity index is 1.39. The fourth-order valence-corrected chi connectivity index (χ4v) is 5.79. The lowest BCUT2D eigenvalue weighted by Crippen LogP contribution is -2.31. The normalized spacial score (nSPS) is 18.8. The van der Waals surface area contributed by atoms with E-state index >= 15 is 0 Å². The molecule has 0 aromatic heterocycles. The van der Waals surface area contributed by atoms with Crippen LogP contribution in [0, 0.1) is 0 Å². The van der Waals surface area contributed by atoms with Crippen LogP contribution in [-0.2, 0) is 29.0 Å². The van der Waals surface area contributed by atoms with Crippen LogP contribution in [0.15, 0.2) is 103 Å². The minimum Gasteiger partial charge on any atom is -0.507 e. The molecule has 0 radical (unpaired) electrons. The Hall–Kier alpha value is -5.04. The zero-order valence-electron chi connectivity index (χ0n) is 24.2. The number of fused-ring (bicyclic) bond motifs is 1. The summed E-state index contributed by atoms with van der Waals surface area (Å²) in [5.74, 6) is 0.180. The molecule has 0 saturated carbocycles. The zero-order chi connectivity index (χ0) is 29.9. The molecular weight excluding hydrogens is 542 g/mol. The first kappa shape index (κ1) is 28.1. The molecule has 0 spiro atoms. The highest BCUT2D eigenvalue weighted by atomic mass is 16.5. The highest BCUT2D eigenvalue weighted by Crippen LogP contribution is 2.43. The van der Waals surface area contributed by atoms with Gasteiger partial charge in [-0.15, -0.1) is 0 Å². The predicted molar refractivity (Wildman–Crippen MR) is 163 cm³/mol. The number of ketones is 1. The van der Waals surface area contributed by atoms with E-state index in [4.69, 9.17) is 14.2 Å². The number of Topliss-reactive ketones (excluding diaryl/α,β-unsaturated/α-hetero) is 1. The van der Waals surface area contributed by atoms with Gasteiger partial charge in [0.1, 0.15) is 24.2 Å². The second-order valence-corrected chi connectivity index (χ2v) is 10.9. The smallest absolute Gasteiger partial charge is 0.295 e. The lowest BCUT2D eigenvalue weighted by atomic mass is 9.94. The third kappa shape index (κ3) is 5.71. The first-order chi connectivity index (χ1) is 20.9. The van der Waals surface area contributed by atoms with Crippen molar-refractivity contribution >= 4 is 17.4 Å². The van der Waals surface area contributed by atoms with Gasteiger partial charge in [-0.25, -0.2) is 0 Å². The number of amides is 1. The van der Waals surface area contributed by atoms with Crippen LogP contribution in [0.5, 0.6) is 17.2 Å². The van der Waals surface area contributed by atoms with E-state index in [9.17, 15) is 14.7 Å². The molecule has 2 aliphatic heterocycles. The summed E-state index contributed by atoms with van der Waals surface area (Å²) in [5.41, 5.74) is 4.15. The Kier molecular flexibility index (Phi) is 7.88. The number of carbonyl (C=O) groups excluding carboxylic acids is 2. The van der Waals surface area contributed by atoms with Gasteiger partial charge in [-0.1, -0.05) is 66.7 Å². The minimum atomic E-state index is -0.816. The molecule has 0 bridgehead atoms. The predicted octanol–water partition coefficient (Wildman–Crippen LogP) is 6.26. The molecule has 4 aromatic rings. The molecule has 7 nitrogen and oxygen atoms in total. The highest BCUT2D eigenvalue weighted by Gasteiger charge is 2.46. The van der Waals surface area contributed by atoms with Crippen LogP contribution in [0.1, 0.15) is 40.8 Å². The number of carbonyl (C=O) groups is 2. The van der Waals surface area contributed by atoms with Crippen molar-refractivity contribution in [2.24, 2.45) is 0 Å². The van der Waals surface area contributed by atoms with E-state index in [1.54, 1.807) is 36.3 Å². The Morgan fingerprint density at radius 1 is 0.907 bits per heavy atom. The first-order valence-corrected chi connectivity index (χ1v) is 14.4. The molecule has 6 rings (SSSR count). The molecule has 1 N–H and O–H groups in total. The molecule has 4 aromatic carbocycles. The number of ether oxygens (including phenoxy) is 3. The van der Waals surface area contributed by atoms with E-state index in [0.29, 0.717) is 48.6 Å². The SMILES string of the molecule is COc1cc(C2C(=C(O)c3ccc4c(c3)CC(C)O4)C(=O)C(=O)N2CCc2ccccc2)ccc1OCc1ccccc1. The van der Waals surface area contributed by atoms with E-state index in [0.717, 1.165) is 22.4 Å². The number of hydrogen-bond donors (Lipinski definition) is 1. The summed E-state index contributed by atoms with van der Waals surface area (Å²) in [5, 5.41) is 11.6. The largest absolute Gasteiger partial charge is 0.507 e. The van der Waals surface area contributed by atoms with Gasteiger partial charge in [-0.2, -0.15) is 0 Å². The van der Waals surface area contributed by atoms with Gasteiger partial charge in [0.05, 0.1) is 18.7 Å². The van der Waals surface area contributed by atoms with Gasteiger partial charge in [-0.05, 0) is 65.9 Å². The summed E-state index contributed by atoms with van der Waals surface area (Å²) in [7, 11) is 1.55. The molecule has 1 amide bonds. The van der Waals surface area contributed by atoms with Gasteiger partial charge in [-0.3, -0.25) is 9.59 Å². The van der Waals surface area contributed by atoms with Crippen molar-refractivity contribution in [3.8, 4) is 17.2 Å². The summed E-state index contributed by atoms with van der Waals surface area (Å²) >= 11 is 0. The molecule has 218 valence electrons. The van der Waals surface area contributed by atoms with Crippen molar-refractivity contribution in [3.05, 3.63) is 130 Å². The average Bonchev–Trinajstić information content (AvgIpc) is 3.54. The van der Waals surface area contributed by atoms with Crippen molar-refractivity contribution in [1.29, 1.82) is 0 Å². The second kappa shape index (κ2) is 12.1. The van der Waals surface area contributed by atoms with Crippen LogP contribution in [-0.4, -0.2) is 41.5 Å². The number of aliphatic hydroxyl groups excluding tert-OH is 1. The lowest BCUT2D eigenvalue weighted by Gasteiger charge is -2.26. The standard InChI is InChI=1S/C36H33NO6/c1-23-19-28-20-27(14-15-29(28)43-23)34(38)32-33(37(36(40)35(32)39)18-17-24-9-5-3-6-10-24)26-13-16-30(31(21-26)41-2)42-22-25-11-7-4-8-12-25/h3-16,20-21,23,33,38H,17-19,22H2,1-2H3. The zero-order valence-corrected chi connectivity index (χ0v) is 24.2. The van der Waals surface area contributed by atoms with Crippen LogP contribution in [0.25, 0.3) is 5.76 Å². The molecule has 2 unspecified atom stereocenters. The van der Waals surface area contributed by atoms with Crippen LogP contribution in [0.2, 0.25) is 0 Å². The van der Waals surface area contributed by atoms with E-state index in [1.807, 2.05) is 79.7 Å². The Morgan fingerprint density at radius 3 is 2.35 bits per heavy atom. The molecule has 7 heteroatoms. The summed E-state index contributed by atoms with van der Waals surface area (Å²) < 4.78 is 17.6. The van der Waals surface area contributed by atoms with Crippen molar-refractivity contribution in [3.63, 3.8) is 0 Å². The Bertz CT molecular complexity index is 1680. The number of hydrogen-bond acceptors (Lipinski definition) is 6. The van der Waals surface area contributed by atoms with Crippen LogP contribution >= 0.6 is 0 Å². The maximum atomic E-state index is 13.6. The molecule has 2 atom stereocenters. The second-order valence-electron chi connectivity index (χ2n) is 10.9. The maximum Gasteiger partial charge on any atom is 0.295 e. The number of nitrogens with zero attached hydrogens (tertiary/aromatic N) is 1. The molecule has 1 fully saturated rings. The molecule has 2 aliphatic rings. The lowest BCUT2D eigenvalue weighted by molar-refractivity contribution is -0.139. The summed E-state index contributed by atoms with van der Waals surface area (Å²) in [6.07, 6.45) is 1.28. The number of rotatable bonds is 9.